The molecule has 0 N–H and O–H groups in total. The van der Waals surface area contributed by atoms with E-state index in [1.165, 1.54) is 0 Å². The van der Waals surface area contributed by atoms with E-state index >= 15 is 0 Å². The third kappa shape index (κ3) is 15.8. The van der Waals surface area contributed by atoms with Crippen molar-refractivity contribution in [2.75, 3.05) is 26.7 Å². The molecule has 0 saturated carbocycles. The fourth-order valence-corrected chi connectivity index (χ4v) is 0.335. The molecule has 0 bridgehead atoms. The summed E-state index contributed by atoms with van der Waals surface area (Å²) in [5.41, 5.74) is 0. The van der Waals surface area contributed by atoms with E-state index in [1.807, 2.05) is 27.7 Å². The van der Waals surface area contributed by atoms with Crippen LogP contribution in [0.1, 0.15) is 27.7 Å². The molecule has 0 atom stereocenters. The minimum absolute atomic E-state index is 0. The minimum atomic E-state index is 0. The average Bonchev–Trinajstić information content (AvgIpc) is 2.22. The Morgan fingerprint density at radius 2 is 0.923 bits per heavy atom. The van der Waals surface area contributed by atoms with Gasteiger partial charge in [-0.1, -0.05) is 27.7 Å². The van der Waals surface area contributed by atoms with Crippen LogP contribution in [0.25, 0.3) is 0 Å². The van der Waals surface area contributed by atoms with Gasteiger partial charge in [0.15, 0.2) is 0 Å². The van der Waals surface area contributed by atoms with Crippen molar-refractivity contribution in [2.24, 2.45) is 0 Å². The summed E-state index contributed by atoms with van der Waals surface area (Å²) in [5.74, 6) is 0. The number of hydrogen-bond acceptors (Lipinski definition) is 0. The molecule has 0 heterocycles. The maximum Gasteiger partial charge on any atom is 3.00 e. The summed E-state index contributed by atoms with van der Waals surface area (Å²) in [6, 6.07) is 0. The second-order valence-electron chi connectivity index (χ2n) is 2.29. The normalized spacial score (nSPS) is 8.31. The van der Waals surface area contributed by atoms with Gasteiger partial charge in [0.1, 0.15) is 0 Å². The molecule has 0 aliphatic rings. The molecule has 13 heavy (non-hydrogen) atoms. The Bertz CT molecular complexity index is 52.8. The van der Waals surface area contributed by atoms with Crippen molar-refractivity contribution in [1.29, 1.82) is 0 Å². The zero-order valence-electron chi connectivity index (χ0n) is 10.3. The smallest absolute Gasteiger partial charge is 0.401 e. The van der Waals surface area contributed by atoms with Crippen molar-refractivity contribution >= 4 is 0 Å². The van der Waals surface area contributed by atoms with E-state index in [1.54, 1.807) is 0 Å². The van der Waals surface area contributed by atoms with Crippen molar-refractivity contribution in [1.82, 2.24) is 0 Å². The molecule has 78 valence electrons. The predicted molar refractivity (Wildman–Crippen MR) is 59.6 cm³/mol. The van der Waals surface area contributed by atoms with E-state index in [-0.39, 0.29) is 32.7 Å². The molecule has 0 amide bonds. The summed E-state index contributed by atoms with van der Waals surface area (Å²) in [6.07, 6.45) is 0. The quantitative estimate of drug-likeness (QED) is 0.542. The topological polar surface area (TPSA) is 0 Å². The first-order valence-corrected chi connectivity index (χ1v) is 4.90. The number of hydrogen-bond donors (Lipinski definition) is 0. The standard InChI is InChI=1S/C7H15N.2C2H6.Y/c1-5-8(4,6-2)7-3;2*1-2;/h1-3,5-7H2,4H3;2*1-2H3;/q-2;;;+3. The Balaban J connectivity index is -0.0000000712. The van der Waals surface area contributed by atoms with Crippen LogP contribution < -0.4 is 0 Å². The van der Waals surface area contributed by atoms with Gasteiger partial charge in [-0.15, -0.1) is 0 Å². The zero-order valence-corrected chi connectivity index (χ0v) is 13.1. The van der Waals surface area contributed by atoms with Crippen LogP contribution in [-0.2, 0) is 32.7 Å². The Morgan fingerprint density at radius 3 is 0.923 bits per heavy atom. The van der Waals surface area contributed by atoms with Gasteiger partial charge in [0.25, 0.3) is 0 Å². The monoisotopic (exact) mass is 262 g/mol. The van der Waals surface area contributed by atoms with Crippen LogP contribution in [0.15, 0.2) is 0 Å². The van der Waals surface area contributed by atoms with Crippen molar-refractivity contribution in [3.63, 3.8) is 0 Å². The van der Waals surface area contributed by atoms with Crippen LogP contribution in [0, 0.1) is 20.8 Å². The van der Waals surface area contributed by atoms with Gasteiger partial charge in [0.05, 0.1) is 7.05 Å². The van der Waals surface area contributed by atoms with Gasteiger partial charge in [-0.3, -0.25) is 20.8 Å². The molecule has 0 aromatic rings. The first-order valence-electron chi connectivity index (χ1n) is 4.90. The first-order chi connectivity index (χ1) is 5.68. The molecule has 1 nitrogen and oxygen atoms in total. The van der Waals surface area contributed by atoms with Crippen molar-refractivity contribution in [3.8, 4) is 0 Å². The van der Waals surface area contributed by atoms with Gasteiger partial charge < -0.3 is 4.48 Å². The second kappa shape index (κ2) is 18.8. The molecule has 2 heteroatoms. The van der Waals surface area contributed by atoms with Gasteiger partial charge >= 0.3 is 32.7 Å². The molecule has 0 unspecified atom stereocenters. The van der Waals surface area contributed by atoms with Crippen LogP contribution in [0.3, 0.4) is 0 Å². The number of quaternary nitrogens is 1. The average molecular weight is 262 g/mol. The Kier molecular flexibility index (Phi) is 34.2. The third-order valence-corrected chi connectivity index (χ3v) is 1.62. The van der Waals surface area contributed by atoms with Gasteiger partial charge in [0.2, 0.25) is 0 Å². The molecule has 0 aromatic carbocycles. The van der Waals surface area contributed by atoms with Crippen LogP contribution >= 0.6 is 0 Å². The minimum Gasteiger partial charge on any atom is -0.401 e. The van der Waals surface area contributed by atoms with Gasteiger partial charge in [0, 0.05) is 0 Å². The second-order valence-corrected chi connectivity index (χ2v) is 2.29. The summed E-state index contributed by atoms with van der Waals surface area (Å²) >= 11 is 0. The van der Waals surface area contributed by atoms with Crippen molar-refractivity contribution in [2.45, 2.75) is 27.7 Å². The Labute approximate surface area is 112 Å². The van der Waals surface area contributed by atoms with Gasteiger partial charge in [-0.05, 0) is 19.6 Å². The fourth-order valence-electron chi connectivity index (χ4n) is 0.335. The molecule has 0 saturated heterocycles. The summed E-state index contributed by atoms with van der Waals surface area (Å²) in [6.45, 7) is 22.0. The summed E-state index contributed by atoms with van der Waals surface area (Å²) in [4.78, 5) is 0. The molecule has 0 aliphatic carbocycles. The molecule has 0 spiro atoms. The third-order valence-electron chi connectivity index (χ3n) is 1.62. The van der Waals surface area contributed by atoms with Crippen molar-refractivity contribution < 1.29 is 37.2 Å². The fraction of sp³-hybridized carbons (Fsp3) is 0.727. The molecule has 0 aromatic heterocycles. The van der Waals surface area contributed by atoms with Crippen LogP contribution in [0.5, 0.6) is 0 Å². The van der Waals surface area contributed by atoms with Gasteiger partial charge in [-0.2, -0.15) is 0 Å². The van der Waals surface area contributed by atoms with Gasteiger partial charge in [-0.25, -0.2) is 0 Å². The van der Waals surface area contributed by atoms with E-state index in [0.29, 0.717) is 0 Å². The molecule has 0 radical (unpaired) electrons. The van der Waals surface area contributed by atoms with Crippen molar-refractivity contribution in [3.05, 3.63) is 20.8 Å². The zero-order chi connectivity index (χ0) is 10.6. The van der Waals surface area contributed by atoms with Crippen LogP contribution in [-0.4, -0.2) is 31.2 Å². The SMILES string of the molecule is CC.CC.[CH2-]C[N+](C)(C[CH2-])C[CH2-].[Y+3]. The Hall–Kier alpha value is 1.06. The predicted octanol–water partition coefficient (Wildman–Crippen LogP) is 2.99. The number of nitrogens with zero attached hydrogens (tertiary/aromatic N) is 1. The maximum atomic E-state index is 3.79. The molecule has 0 rings (SSSR count). The van der Waals surface area contributed by atoms with E-state index in [9.17, 15) is 0 Å². The molecular weight excluding hydrogens is 235 g/mol. The molecular formula is C11H27NY+. The maximum absolute atomic E-state index is 3.79. The Morgan fingerprint density at radius 1 is 0.769 bits per heavy atom. The van der Waals surface area contributed by atoms with E-state index < -0.39 is 0 Å². The molecule has 0 aliphatic heterocycles. The van der Waals surface area contributed by atoms with Crippen LogP contribution in [0.2, 0.25) is 0 Å². The van der Waals surface area contributed by atoms with E-state index in [2.05, 4.69) is 27.8 Å². The summed E-state index contributed by atoms with van der Waals surface area (Å²) < 4.78 is 0.875. The van der Waals surface area contributed by atoms with E-state index in [4.69, 9.17) is 0 Å². The molecule has 0 fully saturated rings. The first kappa shape index (κ1) is 23.7. The summed E-state index contributed by atoms with van der Waals surface area (Å²) in [7, 11) is 2.10. The van der Waals surface area contributed by atoms with Crippen LogP contribution in [0.4, 0.5) is 0 Å². The number of rotatable bonds is 3. The largest absolute Gasteiger partial charge is 3.00 e. The van der Waals surface area contributed by atoms with E-state index in [0.717, 1.165) is 24.1 Å². The summed E-state index contributed by atoms with van der Waals surface area (Å²) in [5, 5.41) is 0.